The predicted octanol–water partition coefficient (Wildman–Crippen LogP) is 2.40. The van der Waals surface area contributed by atoms with Gasteiger partial charge in [0.05, 0.1) is 5.69 Å². The van der Waals surface area contributed by atoms with Gasteiger partial charge in [0.2, 0.25) is 0 Å². The molecule has 18 heavy (non-hydrogen) atoms. The lowest BCUT2D eigenvalue weighted by molar-refractivity contribution is -0.117. The fourth-order valence-corrected chi connectivity index (χ4v) is 2.10. The maximum absolute atomic E-state index is 12.2. The minimum absolute atomic E-state index is 0.260. The summed E-state index contributed by atoms with van der Waals surface area (Å²) in [6.07, 6.45) is 0.690. The number of nitrogens with one attached hydrogen (secondary N) is 1. The Morgan fingerprint density at radius 1 is 1.28 bits per heavy atom. The van der Waals surface area contributed by atoms with Gasteiger partial charge >= 0.3 is 0 Å². The van der Waals surface area contributed by atoms with Crippen molar-refractivity contribution in [2.24, 2.45) is 0 Å². The van der Waals surface area contributed by atoms with Crippen molar-refractivity contribution in [1.29, 1.82) is 0 Å². The second kappa shape index (κ2) is 5.09. The molecular weight excluding hydrogens is 343 g/mol. The summed E-state index contributed by atoms with van der Waals surface area (Å²) in [5.74, 6) is -0.599. The van der Waals surface area contributed by atoms with E-state index in [1.54, 1.807) is 0 Å². The van der Waals surface area contributed by atoms with Crippen LogP contribution >= 0.6 is 22.6 Å². The minimum atomic E-state index is -0.321. The Kier molecular flexibility index (Phi) is 3.70. The third-order valence-electron chi connectivity index (χ3n) is 2.90. The minimum Gasteiger partial charge on any atom is -0.267 e. The van der Waals surface area contributed by atoms with Crippen molar-refractivity contribution in [2.45, 2.75) is 20.3 Å². The highest BCUT2D eigenvalue weighted by atomic mass is 127. The fraction of sp³-hybridized carbons (Fsp3) is 0.231. The summed E-state index contributed by atoms with van der Waals surface area (Å²) in [4.78, 5) is 24.0. The van der Waals surface area contributed by atoms with Gasteiger partial charge in [0.25, 0.3) is 11.8 Å². The van der Waals surface area contributed by atoms with Crippen molar-refractivity contribution in [3.8, 4) is 0 Å². The number of benzene rings is 1. The van der Waals surface area contributed by atoms with E-state index in [1.807, 2.05) is 38.1 Å². The van der Waals surface area contributed by atoms with Crippen LogP contribution in [0.5, 0.6) is 0 Å². The maximum Gasteiger partial charge on any atom is 0.282 e. The highest BCUT2D eigenvalue weighted by Crippen LogP contribution is 2.23. The summed E-state index contributed by atoms with van der Waals surface area (Å²) in [5.41, 5.74) is 4.33. The molecule has 1 aromatic carbocycles. The van der Waals surface area contributed by atoms with Gasteiger partial charge in [0, 0.05) is 3.57 Å². The molecule has 5 heteroatoms. The third-order valence-corrected chi connectivity index (χ3v) is 3.62. The average Bonchev–Trinajstić information content (AvgIpc) is 2.65. The lowest BCUT2D eigenvalue weighted by Gasteiger charge is -2.14. The Balaban J connectivity index is 2.37. The monoisotopic (exact) mass is 356 g/mol. The zero-order valence-electron chi connectivity index (χ0n) is 10.2. The van der Waals surface area contributed by atoms with Gasteiger partial charge < -0.3 is 0 Å². The van der Waals surface area contributed by atoms with Gasteiger partial charge in [-0.1, -0.05) is 12.5 Å². The molecule has 1 aliphatic rings. The molecule has 2 amide bonds. The van der Waals surface area contributed by atoms with E-state index in [9.17, 15) is 9.59 Å². The van der Waals surface area contributed by atoms with Gasteiger partial charge in [-0.2, -0.15) is 0 Å². The number of halogens is 1. The van der Waals surface area contributed by atoms with Crippen molar-refractivity contribution in [1.82, 2.24) is 5.43 Å². The van der Waals surface area contributed by atoms with Crippen LogP contribution in [0.2, 0.25) is 0 Å². The Hall–Kier alpha value is -1.37. The van der Waals surface area contributed by atoms with Gasteiger partial charge in [0.15, 0.2) is 0 Å². The number of hydrazine groups is 1. The van der Waals surface area contributed by atoms with E-state index in [4.69, 9.17) is 0 Å². The van der Waals surface area contributed by atoms with Crippen molar-refractivity contribution in [2.75, 3.05) is 5.01 Å². The fourth-order valence-electron chi connectivity index (χ4n) is 1.74. The quantitative estimate of drug-likeness (QED) is 0.503. The van der Waals surface area contributed by atoms with Crippen molar-refractivity contribution in [3.05, 3.63) is 39.0 Å². The van der Waals surface area contributed by atoms with Gasteiger partial charge in [-0.3, -0.25) is 15.0 Å². The molecule has 0 atom stereocenters. The van der Waals surface area contributed by atoms with Gasteiger partial charge in [-0.25, -0.2) is 5.01 Å². The predicted molar refractivity (Wildman–Crippen MR) is 77.8 cm³/mol. The second-order valence-corrected chi connectivity index (χ2v) is 5.31. The average molecular weight is 356 g/mol. The van der Waals surface area contributed by atoms with Gasteiger partial charge in [-0.15, -0.1) is 0 Å². The van der Waals surface area contributed by atoms with Crippen LogP contribution in [-0.4, -0.2) is 11.8 Å². The normalized spacial score (nSPS) is 18.1. The lowest BCUT2D eigenvalue weighted by Crippen LogP contribution is -2.35. The van der Waals surface area contributed by atoms with Crippen molar-refractivity contribution < 1.29 is 9.59 Å². The summed E-state index contributed by atoms with van der Waals surface area (Å²) in [6.45, 7) is 3.74. The Morgan fingerprint density at radius 2 is 1.89 bits per heavy atom. The molecule has 1 heterocycles. The molecule has 0 saturated carbocycles. The van der Waals surface area contributed by atoms with Gasteiger partial charge in [0.1, 0.15) is 5.57 Å². The van der Waals surface area contributed by atoms with Crippen LogP contribution < -0.4 is 10.4 Å². The van der Waals surface area contributed by atoms with Crippen LogP contribution in [0.4, 0.5) is 5.69 Å². The number of allylic oxidation sites excluding steroid dienone is 1. The van der Waals surface area contributed by atoms with E-state index >= 15 is 0 Å². The number of nitrogens with zero attached hydrogens (tertiary/aromatic N) is 1. The molecule has 1 aromatic rings. The van der Waals surface area contributed by atoms with Gasteiger partial charge in [-0.05, 0) is 60.2 Å². The lowest BCUT2D eigenvalue weighted by atomic mass is 10.1. The molecule has 0 radical (unpaired) electrons. The van der Waals surface area contributed by atoms with Crippen LogP contribution in [0.15, 0.2) is 35.4 Å². The number of rotatable bonds is 2. The molecule has 1 fully saturated rings. The smallest absolute Gasteiger partial charge is 0.267 e. The Bertz CT molecular complexity index is 534. The molecule has 2 rings (SSSR count). The first-order valence-electron chi connectivity index (χ1n) is 5.65. The molecule has 1 saturated heterocycles. The van der Waals surface area contributed by atoms with E-state index in [0.29, 0.717) is 12.1 Å². The van der Waals surface area contributed by atoms with Crippen LogP contribution in [0.1, 0.15) is 20.3 Å². The molecule has 0 bridgehead atoms. The Labute approximate surface area is 119 Å². The molecule has 1 N–H and O–H groups in total. The largest absolute Gasteiger partial charge is 0.282 e. The highest BCUT2D eigenvalue weighted by Gasteiger charge is 2.35. The number of carbonyl (C=O) groups is 2. The van der Waals surface area contributed by atoms with Crippen LogP contribution in [0, 0.1) is 3.57 Å². The molecular formula is C13H13IN2O2. The number of hydrogen-bond donors (Lipinski definition) is 1. The van der Waals surface area contributed by atoms with Crippen molar-refractivity contribution in [3.63, 3.8) is 0 Å². The van der Waals surface area contributed by atoms with E-state index in [-0.39, 0.29) is 17.4 Å². The summed E-state index contributed by atoms with van der Waals surface area (Å²) in [6, 6.07) is 7.40. The summed E-state index contributed by atoms with van der Waals surface area (Å²) < 4.78 is 1.08. The summed E-state index contributed by atoms with van der Waals surface area (Å²) >= 11 is 2.19. The number of anilines is 1. The molecule has 94 valence electrons. The third kappa shape index (κ3) is 2.27. The van der Waals surface area contributed by atoms with Crippen molar-refractivity contribution >= 4 is 40.1 Å². The highest BCUT2D eigenvalue weighted by molar-refractivity contribution is 14.1. The van der Waals surface area contributed by atoms with Crippen LogP contribution in [0.25, 0.3) is 0 Å². The SMILES string of the molecule is CC/C(C)=C1\C(=O)NN(c2ccc(I)cc2)C1=O. The molecule has 0 spiro atoms. The molecule has 4 nitrogen and oxygen atoms in total. The van der Waals surface area contributed by atoms with Crippen LogP contribution in [-0.2, 0) is 9.59 Å². The van der Waals surface area contributed by atoms with E-state index in [1.165, 1.54) is 5.01 Å². The first-order valence-corrected chi connectivity index (χ1v) is 6.73. The molecule has 1 aliphatic heterocycles. The van der Waals surface area contributed by atoms with E-state index < -0.39 is 0 Å². The molecule has 0 unspecified atom stereocenters. The second-order valence-electron chi connectivity index (χ2n) is 4.07. The Morgan fingerprint density at radius 3 is 2.44 bits per heavy atom. The topological polar surface area (TPSA) is 49.4 Å². The van der Waals surface area contributed by atoms with E-state index in [2.05, 4.69) is 28.0 Å². The first kappa shape index (κ1) is 13.1. The molecule has 0 aromatic heterocycles. The zero-order chi connectivity index (χ0) is 13.3. The maximum atomic E-state index is 12.2. The van der Waals surface area contributed by atoms with Crippen LogP contribution in [0.3, 0.4) is 0 Å². The summed E-state index contributed by atoms with van der Waals surface area (Å²) in [7, 11) is 0. The van der Waals surface area contributed by atoms with E-state index in [0.717, 1.165) is 9.14 Å². The first-order chi connectivity index (χ1) is 8.54. The number of amides is 2. The number of hydrogen-bond acceptors (Lipinski definition) is 2. The summed E-state index contributed by atoms with van der Waals surface area (Å²) in [5, 5.41) is 1.30. The standard InChI is InChI=1S/C13H13IN2O2/c1-3-8(2)11-12(17)15-16(13(11)18)10-6-4-9(14)5-7-10/h4-7H,3H2,1-2H3,(H,15,17)/b11-8+. The molecule has 0 aliphatic carbocycles. The zero-order valence-corrected chi connectivity index (χ0v) is 12.3. The number of carbonyl (C=O) groups excluding carboxylic acids is 2.